The monoisotopic (exact) mass is 432 g/mol. The Labute approximate surface area is 183 Å². The molecule has 7 nitrogen and oxygen atoms in total. The van der Waals surface area contributed by atoms with E-state index in [-0.39, 0.29) is 23.8 Å². The Kier molecular flexibility index (Phi) is 5.68. The van der Waals surface area contributed by atoms with Gasteiger partial charge >= 0.3 is 5.97 Å². The van der Waals surface area contributed by atoms with Crippen LogP contribution in [0.25, 0.3) is 11.0 Å². The van der Waals surface area contributed by atoms with E-state index in [1.165, 1.54) is 18.2 Å². The van der Waals surface area contributed by atoms with E-state index in [2.05, 4.69) is 10.3 Å². The van der Waals surface area contributed by atoms with Crippen molar-refractivity contribution in [2.75, 3.05) is 0 Å². The number of carbonyl (C=O) groups is 2. The van der Waals surface area contributed by atoms with E-state index in [1.807, 2.05) is 6.92 Å². The van der Waals surface area contributed by atoms with Crippen molar-refractivity contribution in [2.24, 2.45) is 7.05 Å². The van der Waals surface area contributed by atoms with Gasteiger partial charge < -0.3 is 10.0 Å². The van der Waals surface area contributed by atoms with Gasteiger partial charge in [-0.1, -0.05) is 29.5 Å². The second-order valence-electron chi connectivity index (χ2n) is 7.58. The van der Waals surface area contributed by atoms with Crippen LogP contribution in [0.15, 0.2) is 66.7 Å². The fourth-order valence-corrected chi connectivity index (χ4v) is 3.64. The van der Waals surface area contributed by atoms with Crippen LogP contribution in [0, 0.1) is 5.82 Å². The number of carboxylic acids is 1. The van der Waals surface area contributed by atoms with Crippen molar-refractivity contribution in [3.8, 4) is 0 Å². The fraction of sp³-hybridized carbons (Fsp3) is 0.167. The fourth-order valence-electron chi connectivity index (χ4n) is 3.64. The predicted molar refractivity (Wildman–Crippen MR) is 117 cm³/mol. The third-order valence-electron chi connectivity index (χ3n) is 5.47. The van der Waals surface area contributed by atoms with Gasteiger partial charge in [0.05, 0.1) is 17.1 Å². The molecule has 32 heavy (non-hydrogen) atoms. The summed E-state index contributed by atoms with van der Waals surface area (Å²) in [6, 6.07) is 17.2. The second kappa shape index (κ2) is 8.58. The molecule has 0 aliphatic carbocycles. The standard InChI is InChI=1S/C24H21FN4O3/c1-15(17-6-9-20(25)10-7-17)29(14-16-4-3-5-19(12-16)24(31)32)23(30)18-8-11-22-21(13-18)26-27-28(22)2/h3-13,15H,14H2,1-2H3,(H,31,32). The summed E-state index contributed by atoms with van der Waals surface area (Å²) in [7, 11) is 1.77. The highest BCUT2D eigenvalue weighted by Crippen LogP contribution is 2.26. The van der Waals surface area contributed by atoms with Gasteiger partial charge in [0.25, 0.3) is 5.91 Å². The lowest BCUT2D eigenvalue weighted by Gasteiger charge is -2.30. The van der Waals surface area contributed by atoms with Crippen LogP contribution in [0.4, 0.5) is 4.39 Å². The zero-order chi connectivity index (χ0) is 22.8. The van der Waals surface area contributed by atoms with Crippen LogP contribution in [0.3, 0.4) is 0 Å². The van der Waals surface area contributed by atoms with Gasteiger partial charge in [0, 0.05) is 19.2 Å². The summed E-state index contributed by atoms with van der Waals surface area (Å²) in [5.41, 5.74) is 3.41. The third kappa shape index (κ3) is 4.20. The minimum Gasteiger partial charge on any atom is -0.478 e. The number of aromatic carboxylic acids is 1. The van der Waals surface area contributed by atoms with E-state index < -0.39 is 12.0 Å². The molecule has 3 aromatic carbocycles. The lowest BCUT2D eigenvalue weighted by molar-refractivity contribution is 0.0674. The average Bonchev–Trinajstić information content (AvgIpc) is 3.17. The van der Waals surface area contributed by atoms with E-state index >= 15 is 0 Å². The molecule has 0 radical (unpaired) electrons. The zero-order valence-electron chi connectivity index (χ0n) is 17.6. The molecule has 1 N–H and O–H groups in total. The van der Waals surface area contributed by atoms with E-state index in [9.17, 15) is 19.1 Å². The highest BCUT2D eigenvalue weighted by Gasteiger charge is 2.24. The topological polar surface area (TPSA) is 88.3 Å². The van der Waals surface area contributed by atoms with Crippen LogP contribution in [-0.4, -0.2) is 36.9 Å². The molecule has 0 saturated carbocycles. The van der Waals surface area contributed by atoms with Gasteiger partial charge in [0.2, 0.25) is 0 Å². The average molecular weight is 432 g/mol. The quantitative estimate of drug-likeness (QED) is 0.493. The molecule has 1 heterocycles. The summed E-state index contributed by atoms with van der Waals surface area (Å²) in [6.45, 7) is 2.03. The van der Waals surface area contributed by atoms with Crippen LogP contribution in [0.5, 0.6) is 0 Å². The summed E-state index contributed by atoms with van der Waals surface area (Å²) in [4.78, 5) is 26.6. The lowest BCUT2D eigenvalue weighted by Crippen LogP contribution is -2.33. The lowest BCUT2D eigenvalue weighted by atomic mass is 10.0. The number of benzene rings is 3. The first-order valence-corrected chi connectivity index (χ1v) is 10.0. The Morgan fingerprint density at radius 1 is 1.06 bits per heavy atom. The Morgan fingerprint density at radius 2 is 1.81 bits per heavy atom. The maximum Gasteiger partial charge on any atom is 0.335 e. The SMILES string of the molecule is CC(c1ccc(F)cc1)N(Cc1cccc(C(=O)O)c1)C(=O)c1ccc2c(c1)nnn2C. The van der Waals surface area contributed by atoms with Gasteiger partial charge in [-0.25, -0.2) is 13.9 Å². The van der Waals surface area contributed by atoms with E-state index in [0.717, 1.165) is 11.1 Å². The molecule has 0 aliphatic heterocycles. The summed E-state index contributed by atoms with van der Waals surface area (Å²) < 4.78 is 15.1. The predicted octanol–water partition coefficient (Wildman–Crippen LogP) is 4.21. The number of carbonyl (C=O) groups excluding carboxylic acids is 1. The van der Waals surface area contributed by atoms with Gasteiger partial charge in [0.1, 0.15) is 11.3 Å². The van der Waals surface area contributed by atoms with Crippen LogP contribution in [0.1, 0.15) is 44.8 Å². The normalized spacial score (nSPS) is 12.0. The van der Waals surface area contributed by atoms with Crippen LogP contribution >= 0.6 is 0 Å². The van der Waals surface area contributed by atoms with Crippen LogP contribution < -0.4 is 0 Å². The molecule has 1 unspecified atom stereocenters. The van der Waals surface area contributed by atoms with Crippen molar-refractivity contribution >= 4 is 22.9 Å². The number of rotatable bonds is 6. The molecule has 1 aromatic heterocycles. The Hall–Kier alpha value is -4.07. The molecular formula is C24H21FN4O3. The van der Waals surface area contributed by atoms with Gasteiger partial charge in [-0.3, -0.25) is 4.79 Å². The highest BCUT2D eigenvalue weighted by molar-refractivity contribution is 5.97. The van der Waals surface area contributed by atoms with Crippen LogP contribution in [0.2, 0.25) is 0 Å². The number of halogens is 1. The third-order valence-corrected chi connectivity index (χ3v) is 5.47. The van der Waals surface area contributed by atoms with Gasteiger partial charge in [0.15, 0.2) is 0 Å². The highest BCUT2D eigenvalue weighted by atomic mass is 19.1. The molecule has 0 spiro atoms. The number of hydrogen-bond acceptors (Lipinski definition) is 4. The number of fused-ring (bicyclic) bond motifs is 1. The van der Waals surface area contributed by atoms with E-state index in [4.69, 9.17) is 0 Å². The largest absolute Gasteiger partial charge is 0.478 e. The Balaban J connectivity index is 1.72. The number of aryl methyl sites for hydroxylation is 1. The molecule has 0 bridgehead atoms. The maximum atomic E-state index is 13.6. The molecule has 0 aliphatic rings. The second-order valence-corrected chi connectivity index (χ2v) is 7.58. The summed E-state index contributed by atoms with van der Waals surface area (Å²) in [5, 5.41) is 17.4. The van der Waals surface area contributed by atoms with Crippen molar-refractivity contribution in [1.29, 1.82) is 0 Å². The summed E-state index contributed by atoms with van der Waals surface area (Å²) >= 11 is 0. The molecule has 1 amide bonds. The van der Waals surface area contributed by atoms with Crippen molar-refractivity contribution in [3.05, 3.63) is 94.8 Å². The summed E-state index contributed by atoms with van der Waals surface area (Å²) in [5.74, 6) is -1.65. The molecule has 4 rings (SSSR count). The molecule has 8 heteroatoms. The maximum absolute atomic E-state index is 13.6. The Morgan fingerprint density at radius 3 is 2.53 bits per heavy atom. The number of amides is 1. The molecule has 4 aromatic rings. The van der Waals surface area contributed by atoms with E-state index in [1.54, 1.807) is 65.2 Å². The first-order chi connectivity index (χ1) is 15.3. The molecule has 0 saturated heterocycles. The van der Waals surface area contributed by atoms with Crippen molar-refractivity contribution in [1.82, 2.24) is 19.9 Å². The Bertz CT molecular complexity index is 1300. The summed E-state index contributed by atoms with van der Waals surface area (Å²) in [6.07, 6.45) is 0. The molecule has 1 atom stereocenters. The van der Waals surface area contributed by atoms with Crippen LogP contribution in [-0.2, 0) is 13.6 Å². The van der Waals surface area contributed by atoms with Crippen molar-refractivity contribution in [3.63, 3.8) is 0 Å². The van der Waals surface area contributed by atoms with Gasteiger partial charge in [-0.15, -0.1) is 5.10 Å². The van der Waals surface area contributed by atoms with Crippen molar-refractivity contribution < 1.29 is 19.1 Å². The number of aromatic nitrogens is 3. The first kappa shape index (κ1) is 21.2. The number of hydrogen-bond donors (Lipinski definition) is 1. The van der Waals surface area contributed by atoms with Crippen molar-refractivity contribution in [2.45, 2.75) is 19.5 Å². The molecule has 0 fully saturated rings. The number of carboxylic acid groups (broad SMARTS) is 1. The first-order valence-electron chi connectivity index (χ1n) is 10.0. The smallest absolute Gasteiger partial charge is 0.335 e. The minimum absolute atomic E-state index is 0.144. The zero-order valence-corrected chi connectivity index (χ0v) is 17.6. The van der Waals surface area contributed by atoms with Gasteiger partial charge in [-0.05, 0) is 60.5 Å². The van der Waals surface area contributed by atoms with E-state index in [0.29, 0.717) is 16.6 Å². The van der Waals surface area contributed by atoms with Gasteiger partial charge in [-0.2, -0.15) is 0 Å². The minimum atomic E-state index is -1.04. The molecular weight excluding hydrogens is 411 g/mol. The molecule has 162 valence electrons. The number of nitrogens with zero attached hydrogens (tertiary/aromatic N) is 4.